The fourth-order valence-electron chi connectivity index (χ4n) is 3.03. The molecule has 3 aromatic rings. The van der Waals surface area contributed by atoms with Gasteiger partial charge in [-0.15, -0.1) is 11.3 Å². The van der Waals surface area contributed by atoms with Gasteiger partial charge in [-0.1, -0.05) is 18.2 Å². The fourth-order valence-corrected chi connectivity index (χ4v) is 3.78. The lowest BCUT2D eigenvalue weighted by Gasteiger charge is -2.17. The van der Waals surface area contributed by atoms with Crippen molar-refractivity contribution in [3.8, 4) is 21.9 Å². The summed E-state index contributed by atoms with van der Waals surface area (Å²) in [6.07, 6.45) is -0.381. The molecule has 1 N–H and O–H groups in total. The lowest BCUT2D eigenvalue weighted by atomic mass is 9.97. The van der Waals surface area contributed by atoms with Gasteiger partial charge in [0.1, 0.15) is 11.5 Å². The van der Waals surface area contributed by atoms with Crippen molar-refractivity contribution in [2.24, 2.45) is 0 Å². The molecule has 1 aromatic heterocycles. The van der Waals surface area contributed by atoms with Crippen LogP contribution in [0.2, 0.25) is 0 Å². The van der Waals surface area contributed by atoms with Crippen LogP contribution < -0.4 is 9.47 Å². The van der Waals surface area contributed by atoms with E-state index in [-0.39, 0.29) is 0 Å². The van der Waals surface area contributed by atoms with Gasteiger partial charge in [0.25, 0.3) is 0 Å². The number of rotatable bonds is 7. The average Bonchev–Trinajstić information content (AvgIpc) is 3.27. The molecule has 0 aliphatic heterocycles. The first-order valence-electron chi connectivity index (χ1n) is 8.72. The number of aliphatic hydroxyl groups is 1. The van der Waals surface area contributed by atoms with E-state index in [0.29, 0.717) is 23.3 Å². The van der Waals surface area contributed by atoms with Crippen LogP contribution in [0.15, 0.2) is 53.9 Å². The van der Waals surface area contributed by atoms with Gasteiger partial charge in [0.05, 0.1) is 33.0 Å². The second-order valence-electron chi connectivity index (χ2n) is 6.18. The molecule has 28 heavy (non-hydrogen) atoms. The van der Waals surface area contributed by atoms with E-state index in [4.69, 9.17) is 14.2 Å². The molecular formula is C22H22O5S. The summed E-state index contributed by atoms with van der Waals surface area (Å²) in [5.74, 6) is 0.973. The van der Waals surface area contributed by atoms with Crippen LogP contribution in [-0.2, 0) is 11.2 Å². The van der Waals surface area contributed by atoms with E-state index in [0.717, 1.165) is 21.8 Å². The number of hydrogen-bond donors (Lipinski definition) is 1. The van der Waals surface area contributed by atoms with Crippen molar-refractivity contribution in [3.05, 3.63) is 70.6 Å². The van der Waals surface area contributed by atoms with Crippen molar-refractivity contribution in [2.75, 3.05) is 21.3 Å². The predicted octanol–water partition coefficient (Wildman–Crippen LogP) is 4.50. The maximum absolute atomic E-state index is 11.6. The van der Waals surface area contributed by atoms with Gasteiger partial charge in [0.15, 0.2) is 0 Å². The summed E-state index contributed by atoms with van der Waals surface area (Å²) < 4.78 is 15.7. The third kappa shape index (κ3) is 4.18. The van der Waals surface area contributed by atoms with Gasteiger partial charge in [-0.25, -0.2) is 4.79 Å². The number of thiophene rings is 1. The van der Waals surface area contributed by atoms with E-state index in [9.17, 15) is 9.90 Å². The standard InChI is InChI=1S/C22H22O5S/c1-25-19-13-20(26-2)17(21-5-4-10-28-21)11-16(19)12-18(23)14-6-8-15(9-7-14)22(24)27-3/h4-11,13,18,23H,12H2,1-3H3. The molecule has 146 valence electrons. The van der Waals surface area contributed by atoms with E-state index in [2.05, 4.69) is 0 Å². The van der Waals surface area contributed by atoms with Crippen molar-refractivity contribution in [3.63, 3.8) is 0 Å². The summed E-state index contributed by atoms with van der Waals surface area (Å²) in [4.78, 5) is 12.6. The Morgan fingerprint density at radius 2 is 1.75 bits per heavy atom. The molecule has 0 aliphatic carbocycles. The van der Waals surface area contributed by atoms with Crippen LogP contribution in [0, 0.1) is 0 Å². The lowest BCUT2D eigenvalue weighted by molar-refractivity contribution is 0.0600. The van der Waals surface area contributed by atoms with Crippen molar-refractivity contribution >= 4 is 17.3 Å². The minimum absolute atomic E-state index is 0.364. The number of hydrogen-bond acceptors (Lipinski definition) is 6. The molecule has 0 saturated heterocycles. The molecule has 6 heteroatoms. The highest BCUT2D eigenvalue weighted by Crippen LogP contribution is 2.39. The van der Waals surface area contributed by atoms with Crippen LogP contribution >= 0.6 is 11.3 Å². The highest BCUT2D eigenvalue weighted by Gasteiger charge is 2.17. The second kappa shape index (κ2) is 8.91. The molecule has 1 atom stereocenters. The Balaban J connectivity index is 1.90. The van der Waals surface area contributed by atoms with Crippen LogP contribution in [0.1, 0.15) is 27.6 Å². The molecule has 1 heterocycles. The Morgan fingerprint density at radius 1 is 1.04 bits per heavy atom. The zero-order valence-electron chi connectivity index (χ0n) is 16.0. The molecule has 5 nitrogen and oxygen atoms in total. The number of carbonyl (C=O) groups excluding carboxylic acids is 1. The fraction of sp³-hybridized carbons (Fsp3) is 0.227. The number of aliphatic hydroxyl groups excluding tert-OH is 1. The largest absolute Gasteiger partial charge is 0.496 e. The molecule has 2 aromatic carbocycles. The summed E-state index contributed by atoms with van der Waals surface area (Å²) in [5.41, 5.74) is 2.99. The van der Waals surface area contributed by atoms with Gasteiger partial charge in [-0.05, 0) is 40.8 Å². The quantitative estimate of drug-likeness (QED) is 0.594. The Hall–Kier alpha value is -2.83. The Bertz CT molecular complexity index is 932. The number of carbonyl (C=O) groups is 1. The van der Waals surface area contributed by atoms with Crippen molar-refractivity contribution in [1.82, 2.24) is 0 Å². The summed E-state index contributed by atoms with van der Waals surface area (Å²) in [6, 6.07) is 14.6. The van der Waals surface area contributed by atoms with E-state index in [1.54, 1.807) is 49.8 Å². The summed E-state index contributed by atoms with van der Waals surface area (Å²) in [6.45, 7) is 0. The van der Waals surface area contributed by atoms with E-state index >= 15 is 0 Å². The molecule has 0 aliphatic rings. The first kappa shape index (κ1) is 19.9. The van der Waals surface area contributed by atoms with E-state index in [1.807, 2.05) is 29.6 Å². The summed E-state index contributed by atoms with van der Waals surface area (Å²) in [5, 5.41) is 12.7. The molecule has 0 saturated carbocycles. The molecule has 0 spiro atoms. The first-order valence-corrected chi connectivity index (χ1v) is 9.60. The van der Waals surface area contributed by atoms with Crippen LogP contribution in [0.5, 0.6) is 11.5 Å². The van der Waals surface area contributed by atoms with Crippen LogP contribution in [0.3, 0.4) is 0 Å². The van der Waals surface area contributed by atoms with E-state index in [1.165, 1.54) is 7.11 Å². The normalized spacial score (nSPS) is 11.7. The van der Waals surface area contributed by atoms with Crippen LogP contribution in [0.25, 0.3) is 10.4 Å². The summed E-state index contributed by atoms with van der Waals surface area (Å²) in [7, 11) is 4.57. The average molecular weight is 398 g/mol. The minimum Gasteiger partial charge on any atom is -0.496 e. The van der Waals surface area contributed by atoms with Crippen molar-refractivity contribution in [1.29, 1.82) is 0 Å². The van der Waals surface area contributed by atoms with Gasteiger partial charge in [0, 0.05) is 22.9 Å². The molecule has 0 bridgehead atoms. The highest BCUT2D eigenvalue weighted by molar-refractivity contribution is 7.13. The third-order valence-electron chi connectivity index (χ3n) is 4.52. The smallest absolute Gasteiger partial charge is 0.337 e. The first-order chi connectivity index (χ1) is 13.6. The topological polar surface area (TPSA) is 65.0 Å². The van der Waals surface area contributed by atoms with Gasteiger partial charge < -0.3 is 19.3 Å². The number of benzene rings is 2. The number of ether oxygens (including phenoxy) is 3. The van der Waals surface area contributed by atoms with Crippen molar-refractivity contribution < 1.29 is 24.1 Å². The maximum atomic E-state index is 11.6. The van der Waals surface area contributed by atoms with Crippen LogP contribution in [0.4, 0.5) is 0 Å². The highest BCUT2D eigenvalue weighted by atomic mass is 32.1. The SMILES string of the molecule is COC(=O)c1ccc(C(O)Cc2cc(-c3cccs3)c(OC)cc2OC)cc1. The molecule has 1 unspecified atom stereocenters. The van der Waals surface area contributed by atoms with E-state index < -0.39 is 12.1 Å². The van der Waals surface area contributed by atoms with Crippen LogP contribution in [-0.4, -0.2) is 32.4 Å². The lowest BCUT2D eigenvalue weighted by Crippen LogP contribution is -2.06. The Morgan fingerprint density at radius 3 is 2.32 bits per heavy atom. The van der Waals surface area contributed by atoms with Crippen molar-refractivity contribution in [2.45, 2.75) is 12.5 Å². The Labute approximate surface area is 168 Å². The minimum atomic E-state index is -0.745. The Kier molecular flexibility index (Phi) is 6.34. The molecule has 0 radical (unpaired) electrons. The molecule has 0 amide bonds. The number of methoxy groups -OCH3 is 3. The zero-order valence-corrected chi connectivity index (χ0v) is 16.8. The zero-order chi connectivity index (χ0) is 20.1. The summed E-state index contributed by atoms with van der Waals surface area (Å²) >= 11 is 1.62. The third-order valence-corrected chi connectivity index (χ3v) is 5.42. The maximum Gasteiger partial charge on any atom is 0.337 e. The number of esters is 1. The molecule has 3 rings (SSSR count). The van der Waals surface area contributed by atoms with Gasteiger partial charge in [-0.3, -0.25) is 0 Å². The predicted molar refractivity (Wildman–Crippen MR) is 109 cm³/mol. The molecule has 0 fully saturated rings. The molecular weight excluding hydrogens is 376 g/mol. The second-order valence-corrected chi connectivity index (χ2v) is 7.12. The monoisotopic (exact) mass is 398 g/mol. The van der Waals surface area contributed by atoms with Gasteiger partial charge in [0.2, 0.25) is 0 Å². The van der Waals surface area contributed by atoms with Gasteiger partial charge in [-0.2, -0.15) is 0 Å². The van der Waals surface area contributed by atoms with Gasteiger partial charge >= 0.3 is 5.97 Å².